The van der Waals surface area contributed by atoms with Crippen LogP contribution in [0.4, 0.5) is 5.69 Å². The molecule has 0 saturated carbocycles. The van der Waals surface area contributed by atoms with E-state index in [0.29, 0.717) is 18.2 Å². The Morgan fingerprint density at radius 3 is 2.76 bits per heavy atom. The van der Waals surface area contributed by atoms with Crippen molar-refractivity contribution in [2.75, 3.05) is 24.7 Å². The molecule has 1 atom stereocenters. The molecule has 3 aromatic rings. The van der Waals surface area contributed by atoms with Gasteiger partial charge in [0.15, 0.2) is 0 Å². The number of fused-ring (bicyclic) bond motifs is 2. The highest BCUT2D eigenvalue weighted by molar-refractivity contribution is 6.30. The first-order valence-corrected chi connectivity index (χ1v) is 10.3. The highest BCUT2D eigenvalue weighted by atomic mass is 35.5. The van der Waals surface area contributed by atoms with Gasteiger partial charge in [-0.1, -0.05) is 23.7 Å². The van der Waals surface area contributed by atoms with Crippen LogP contribution in [0, 0.1) is 13.8 Å². The predicted octanol–water partition coefficient (Wildman–Crippen LogP) is 4.42. The molecule has 5 rings (SSSR count). The van der Waals surface area contributed by atoms with Gasteiger partial charge in [0.1, 0.15) is 0 Å². The molecule has 0 amide bonds. The summed E-state index contributed by atoms with van der Waals surface area (Å²) in [5.74, 6) is -0.819. The van der Waals surface area contributed by atoms with Gasteiger partial charge in [0.25, 0.3) is 0 Å². The minimum Gasteiger partial charge on any atom is -0.481 e. The number of carboxylic acid groups (broad SMARTS) is 1. The van der Waals surface area contributed by atoms with Crippen molar-refractivity contribution in [2.24, 2.45) is 0 Å². The largest absolute Gasteiger partial charge is 0.481 e. The number of hydrogen-bond donors (Lipinski definition) is 1. The standard InChI is InChI=1S/C23H23ClN2O3/c1-13-9-19-21(15-3-5-16(24)6-4-15)18(10-20(27)28)14(2)22-23(19)26(13)11-17-12-29-8-7-25(17)22/h3-6,9,17H,7-8,10-12H2,1-2H3,(H,27,28)/t17-/m0/s1. The van der Waals surface area contributed by atoms with Gasteiger partial charge in [-0.15, -0.1) is 0 Å². The van der Waals surface area contributed by atoms with Crippen molar-refractivity contribution in [2.45, 2.75) is 32.9 Å². The van der Waals surface area contributed by atoms with Crippen molar-refractivity contribution in [1.82, 2.24) is 4.57 Å². The molecule has 1 aromatic heterocycles. The summed E-state index contributed by atoms with van der Waals surface area (Å²) in [5, 5.41) is 11.5. The van der Waals surface area contributed by atoms with E-state index in [9.17, 15) is 9.90 Å². The summed E-state index contributed by atoms with van der Waals surface area (Å²) in [6.07, 6.45) is -0.00797. The molecule has 0 bridgehead atoms. The zero-order valence-electron chi connectivity index (χ0n) is 16.5. The zero-order chi connectivity index (χ0) is 20.3. The van der Waals surface area contributed by atoms with Crippen molar-refractivity contribution >= 4 is 34.2 Å². The maximum atomic E-state index is 11.8. The Labute approximate surface area is 174 Å². The zero-order valence-corrected chi connectivity index (χ0v) is 17.3. The summed E-state index contributed by atoms with van der Waals surface area (Å²) >= 11 is 6.12. The van der Waals surface area contributed by atoms with Gasteiger partial charge >= 0.3 is 5.97 Å². The number of benzene rings is 2. The summed E-state index contributed by atoms with van der Waals surface area (Å²) in [7, 11) is 0. The van der Waals surface area contributed by atoms with Crippen LogP contribution in [0.5, 0.6) is 0 Å². The van der Waals surface area contributed by atoms with Crippen LogP contribution in [0.3, 0.4) is 0 Å². The third-order valence-corrected chi connectivity index (χ3v) is 6.53. The second-order valence-electron chi connectivity index (χ2n) is 7.99. The van der Waals surface area contributed by atoms with Crippen LogP contribution in [0.15, 0.2) is 30.3 Å². The van der Waals surface area contributed by atoms with Crippen molar-refractivity contribution < 1.29 is 14.6 Å². The van der Waals surface area contributed by atoms with Crippen LogP contribution in [0.2, 0.25) is 5.02 Å². The normalized spacial score (nSPS) is 18.2. The number of hydrogen-bond acceptors (Lipinski definition) is 3. The van der Waals surface area contributed by atoms with Crippen LogP contribution >= 0.6 is 11.6 Å². The van der Waals surface area contributed by atoms with E-state index in [1.807, 2.05) is 24.3 Å². The quantitative estimate of drug-likeness (QED) is 0.694. The molecule has 2 aromatic carbocycles. The lowest BCUT2D eigenvalue weighted by Gasteiger charge is -2.43. The number of carboxylic acids is 1. The number of nitrogens with zero attached hydrogens (tertiary/aromatic N) is 2. The minimum absolute atomic E-state index is 0.00797. The van der Waals surface area contributed by atoms with Gasteiger partial charge in [0.2, 0.25) is 0 Å². The fourth-order valence-electron chi connectivity index (χ4n) is 5.01. The van der Waals surface area contributed by atoms with Gasteiger partial charge in [-0.2, -0.15) is 0 Å². The number of ether oxygens (including phenoxy) is 1. The average molecular weight is 411 g/mol. The summed E-state index contributed by atoms with van der Waals surface area (Å²) in [6, 6.07) is 10.2. The molecule has 0 unspecified atom stereocenters. The Morgan fingerprint density at radius 2 is 2.03 bits per heavy atom. The molecule has 6 heteroatoms. The van der Waals surface area contributed by atoms with E-state index in [2.05, 4.69) is 29.4 Å². The molecule has 0 aliphatic carbocycles. The molecule has 29 heavy (non-hydrogen) atoms. The molecule has 2 aliphatic rings. The Hall–Kier alpha value is -2.50. The van der Waals surface area contributed by atoms with Gasteiger partial charge in [0, 0.05) is 29.2 Å². The number of anilines is 1. The highest BCUT2D eigenvalue weighted by Gasteiger charge is 2.35. The lowest BCUT2D eigenvalue weighted by molar-refractivity contribution is -0.136. The van der Waals surface area contributed by atoms with E-state index >= 15 is 0 Å². The number of morpholine rings is 1. The Bertz CT molecular complexity index is 1130. The monoisotopic (exact) mass is 410 g/mol. The van der Waals surface area contributed by atoms with Crippen molar-refractivity contribution in [1.29, 1.82) is 0 Å². The van der Waals surface area contributed by atoms with Gasteiger partial charge < -0.3 is 19.3 Å². The van der Waals surface area contributed by atoms with Crippen molar-refractivity contribution in [3.63, 3.8) is 0 Å². The summed E-state index contributed by atoms with van der Waals surface area (Å²) in [6.45, 7) is 7.31. The fourth-order valence-corrected chi connectivity index (χ4v) is 5.14. The average Bonchev–Trinajstić information content (AvgIpc) is 3.02. The molecular weight excluding hydrogens is 388 g/mol. The molecule has 3 heterocycles. The number of aryl methyl sites for hydroxylation is 1. The molecule has 0 radical (unpaired) electrons. The van der Waals surface area contributed by atoms with E-state index in [-0.39, 0.29) is 12.5 Å². The molecular formula is C23H23ClN2O3. The highest BCUT2D eigenvalue weighted by Crippen LogP contribution is 2.46. The van der Waals surface area contributed by atoms with Crippen LogP contribution in [0.25, 0.3) is 22.0 Å². The number of halogens is 1. The lowest BCUT2D eigenvalue weighted by atomic mass is 9.88. The van der Waals surface area contributed by atoms with Gasteiger partial charge in [-0.3, -0.25) is 4.79 Å². The molecule has 5 nitrogen and oxygen atoms in total. The first-order chi connectivity index (χ1) is 14.0. The molecule has 1 fully saturated rings. The first kappa shape index (κ1) is 18.5. The Kier molecular flexibility index (Phi) is 4.33. The topological polar surface area (TPSA) is 54.7 Å². The predicted molar refractivity (Wildman–Crippen MR) is 115 cm³/mol. The number of aromatic nitrogens is 1. The minimum atomic E-state index is -0.819. The Morgan fingerprint density at radius 1 is 1.28 bits per heavy atom. The van der Waals surface area contributed by atoms with Gasteiger partial charge in [-0.05, 0) is 54.3 Å². The fraction of sp³-hybridized carbons (Fsp3) is 0.348. The smallest absolute Gasteiger partial charge is 0.307 e. The summed E-state index contributed by atoms with van der Waals surface area (Å²) in [5.41, 5.74) is 7.50. The van der Waals surface area contributed by atoms with Gasteiger partial charge in [-0.25, -0.2) is 0 Å². The van der Waals surface area contributed by atoms with Crippen LogP contribution in [-0.4, -0.2) is 41.4 Å². The van der Waals surface area contributed by atoms with Crippen molar-refractivity contribution in [3.05, 3.63) is 52.2 Å². The maximum Gasteiger partial charge on any atom is 0.307 e. The number of rotatable bonds is 3. The van der Waals surface area contributed by atoms with Crippen molar-refractivity contribution in [3.8, 4) is 11.1 Å². The molecule has 1 N–H and O–H groups in total. The third-order valence-electron chi connectivity index (χ3n) is 6.28. The van der Waals surface area contributed by atoms with Gasteiger partial charge in [0.05, 0.1) is 36.9 Å². The molecule has 1 saturated heterocycles. The van der Waals surface area contributed by atoms with Crippen LogP contribution < -0.4 is 4.90 Å². The molecule has 0 spiro atoms. The second-order valence-corrected chi connectivity index (χ2v) is 8.42. The van der Waals surface area contributed by atoms with E-state index in [1.165, 1.54) is 16.9 Å². The number of carbonyl (C=O) groups is 1. The molecule has 2 aliphatic heterocycles. The molecule has 150 valence electrons. The maximum absolute atomic E-state index is 11.8. The Balaban J connectivity index is 1.87. The lowest BCUT2D eigenvalue weighted by Crippen LogP contribution is -2.50. The summed E-state index contributed by atoms with van der Waals surface area (Å²) in [4.78, 5) is 14.2. The van der Waals surface area contributed by atoms with E-state index in [4.69, 9.17) is 16.3 Å². The second kappa shape index (κ2) is 6.78. The summed E-state index contributed by atoms with van der Waals surface area (Å²) < 4.78 is 8.12. The first-order valence-electron chi connectivity index (χ1n) is 9.93. The van der Waals surface area contributed by atoms with E-state index < -0.39 is 5.97 Å². The van der Waals surface area contributed by atoms with E-state index in [0.717, 1.165) is 40.7 Å². The third kappa shape index (κ3) is 2.83. The van der Waals surface area contributed by atoms with Crippen LogP contribution in [-0.2, 0) is 22.5 Å². The van der Waals surface area contributed by atoms with Crippen LogP contribution in [0.1, 0.15) is 16.8 Å². The number of aliphatic carboxylic acids is 1. The SMILES string of the molecule is Cc1c(CC(=O)O)c(-c2ccc(Cl)cc2)c2cc(C)n3c2c1N1CCOC[C@@H]1C3. The van der Waals surface area contributed by atoms with E-state index in [1.54, 1.807) is 0 Å².